The van der Waals surface area contributed by atoms with E-state index in [1.807, 2.05) is 6.92 Å². The first kappa shape index (κ1) is 21.9. The number of hydrogen-bond donors (Lipinski definition) is 0. The zero-order valence-corrected chi connectivity index (χ0v) is 19.6. The maximum absolute atomic E-state index is 13.9. The van der Waals surface area contributed by atoms with Gasteiger partial charge in [-0.3, -0.25) is 9.59 Å². The number of carbonyl (C=O) groups excluding carboxylic acids is 3. The van der Waals surface area contributed by atoms with Crippen molar-refractivity contribution in [1.82, 2.24) is 0 Å². The second-order valence-electron chi connectivity index (χ2n) is 10.6. The second kappa shape index (κ2) is 7.70. The molecule has 6 rings (SSSR count). The van der Waals surface area contributed by atoms with Gasteiger partial charge in [0.05, 0.1) is 30.3 Å². The van der Waals surface area contributed by atoms with Gasteiger partial charge < -0.3 is 18.3 Å². The van der Waals surface area contributed by atoms with Gasteiger partial charge in [-0.25, -0.2) is 4.79 Å². The second-order valence-corrected chi connectivity index (χ2v) is 10.6. The first-order valence-corrected chi connectivity index (χ1v) is 11.9. The minimum atomic E-state index is -0.636. The Bertz CT molecular complexity index is 1360. The Kier molecular flexibility index (Phi) is 4.82. The summed E-state index contributed by atoms with van der Waals surface area (Å²) in [5.74, 6) is -1.88. The number of carbonyl (C=O) groups is 3. The topological polar surface area (TPSA) is 96.0 Å². The molecule has 2 fully saturated rings. The lowest BCUT2D eigenvalue weighted by Crippen LogP contribution is -2.58. The van der Waals surface area contributed by atoms with Crippen LogP contribution in [-0.2, 0) is 19.1 Å². The smallest absolute Gasteiger partial charge is 0.343 e. The van der Waals surface area contributed by atoms with E-state index >= 15 is 0 Å². The molecular weight excluding hydrogens is 448 g/mol. The van der Waals surface area contributed by atoms with Crippen LogP contribution in [0.3, 0.4) is 0 Å². The summed E-state index contributed by atoms with van der Waals surface area (Å²) in [6.07, 6.45) is 8.45. The molecule has 2 aliphatic carbocycles. The molecule has 0 bridgehead atoms. The molecule has 3 aliphatic rings. The van der Waals surface area contributed by atoms with Gasteiger partial charge in [0.2, 0.25) is 5.78 Å². The van der Waals surface area contributed by atoms with Crippen LogP contribution in [0.5, 0.6) is 0 Å². The number of allylic oxidation sites excluding steroid dienone is 2. The Morgan fingerprint density at radius 2 is 1.97 bits per heavy atom. The predicted molar refractivity (Wildman–Crippen MR) is 124 cm³/mol. The highest BCUT2D eigenvalue weighted by Gasteiger charge is 2.63. The predicted octanol–water partition coefficient (Wildman–Crippen LogP) is 5.77. The van der Waals surface area contributed by atoms with Crippen molar-refractivity contribution >= 4 is 28.7 Å². The Hall–Kier alpha value is -3.61. The lowest BCUT2D eigenvalue weighted by atomic mass is 9.46. The van der Waals surface area contributed by atoms with Gasteiger partial charge in [-0.2, -0.15) is 0 Å². The molecule has 2 aromatic heterocycles. The first-order chi connectivity index (χ1) is 16.8. The third kappa shape index (κ3) is 3.36. The zero-order valence-electron chi connectivity index (χ0n) is 19.6. The highest BCUT2D eigenvalue weighted by atomic mass is 16.5. The van der Waals surface area contributed by atoms with Crippen molar-refractivity contribution in [3.05, 3.63) is 72.1 Å². The number of ether oxygens (including phenoxy) is 2. The molecule has 7 nitrogen and oxygen atoms in total. The van der Waals surface area contributed by atoms with E-state index in [2.05, 4.69) is 6.92 Å². The lowest BCUT2D eigenvalue weighted by molar-refractivity contribution is -0.193. The van der Waals surface area contributed by atoms with Gasteiger partial charge in [-0.05, 0) is 72.9 Å². The summed E-state index contributed by atoms with van der Waals surface area (Å²) in [5, 5.41) is 0.782. The molecule has 0 radical (unpaired) electrons. The van der Waals surface area contributed by atoms with Crippen LogP contribution in [0.25, 0.3) is 11.0 Å². The van der Waals surface area contributed by atoms with Gasteiger partial charge in [0, 0.05) is 16.9 Å². The fraction of sp³-hybridized carbons (Fsp3) is 0.393. The van der Waals surface area contributed by atoms with Crippen LogP contribution in [0.1, 0.15) is 61.6 Å². The van der Waals surface area contributed by atoms with E-state index in [0.29, 0.717) is 30.4 Å². The SMILES string of the molecule is C[C@]12CC=C(OC(=O)c3ccc4occc4c3)C(=O)[C@@H]1[C@@]1(C)C[C@@H](c3ccoc3)OC(=O)[C@@H]1CC2. The lowest BCUT2D eigenvalue weighted by Gasteiger charge is -2.58. The third-order valence-corrected chi connectivity index (χ3v) is 8.39. The number of esters is 2. The Morgan fingerprint density at radius 3 is 2.77 bits per heavy atom. The van der Waals surface area contributed by atoms with Crippen LogP contribution in [-0.4, -0.2) is 17.7 Å². The van der Waals surface area contributed by atoms with Gasteiger partial charge in [-0.15, -0.1) is 0 Å². The largest absolute Gasteiger partial charge is 0.472 e. The average molecular weight is 475 g/mol. The summed E-state index contributed by atoms with van der Waals surface area (Å²) >= 11 is 0. The maximum atomic E-state index is 13.9. The van der Waals surface area contributed by atoms with Crippen molar-refractivity contribution in [2.24, 2.45) is 22.7 Å². The molecule has 0 unspecified atom stereocenters. The number of rotatable bonds is 3. The molecule has 180 valence electrons. The van der Waals surface area contributed by atoms with Gasteiger partial charge in [0.15, 0.2) is 5.76 Å². The van der Waals surface area contributed by atoms with Crippen LogP contribution in [0.2, 0.25) is 0 Å². The monoisotopic (exact) mass is 474 g/mol. The van der Waals surface area contributed by atoms with E-state index in [1.54, 1.807) is 55.2 Å². The normalized spacial score (nSPS) is 32.4. The van der Waals surface area contributed by atoms with E-state index in [4.69, 9.17) is 18.3 Å². The molecule has 3 heterocycles. The third-order valence-electron chi connectivity index (χ3n) is 8.39. The molecule has 35 heavy (non-hydrogen) atoms. The van der Waals surface area contributed by atoms with Gasteiger partial charge in [0.1, 0.15) is 11.7 Å². The Morgan fingerprint density at radius 1 is 1.11 bits per heavy atom. The van der Waals surface area contributed by atoms with E-state index < -0.39 is 23.4 Å². The summed E-state index contributed by atoms with van der Waals surface area (Å²) in [7, 11) is 0. The molecule has 3 aromatic rings. The van der Waals surface area contributed by atoms with Crippen molar-refractivity contribution in [2.75, 3.05) is 0 Å². The molecule has 7 heteroatoms. The number of Topliss-reactive ketones (excluding diaryl/α,β-unsaturated/α-hetero) is 1. The highest BCUT2D eigenvalue weighted by molar-refractivity contribution is 6.02. The Balaban J connectivity index is 1.31. The number of ketones is 1. The number of cyclic esters (lactones) is 1. The number of benzene rings is 1. The quantitative estimate of drug-likeness (QED) is 0.445. The zero-order chi connectivity index (χ0) is 24.4. The standard InChI is InChI=1S/C28H26O7/c1-27-9-5-19-26(31)35-22(18-7-11-32-15-18)14-28(19,2)24(27)23(29)21(6-10-27)34-25(30)17-3-4-20-16(13-17)8-12-33-20/h3-4,6-8,11-13,15,19,22,24H,5,9-10,14H2,1-2H3/t19-,22-,24-,27-,28-/m0/s1. The average Bonchev–Trinajstić information content (AvgIpc) is 3.52. The van der Waals surface area contributed by atoms with Gasteiger partial charge >= 0.3 is 11.9 Å². The van der Waals surface area contributed by atoms with Crippen molar-refractivity contribution in [2.45, 2.75) is 45.6 Å². The van der Waals surface area contributed by atoms with E-state index in [-0.39, 0.29) is 28.8 Å². The Labute approximate surface area is 202 Å². The van der Waals surface area contributed by atoms with Crippen LogP contribution in [0.4, 0.5) is 0 Å². The number of fused-ring (bicyclic) bond motifs is 4. The number of furan rings is 2. The fourth-order valence-corrected chi connectivity index (χ4v) is 6.65. The van der Waals surface area contributed by atoms with Crippen molar-refractivity contribution < 1.29 is 32.7 Å². The molecule has 0 amide bonds. The van der Waals surface area contributed by atoms with Crippen molar-refractivity contribution in [3.8, 4) is 0 Å². The van der Waals surface area contributed by atoms with E-state index in [1.165, 1.54) is 0 Å². The molecule has 1 saturated heterocycles. The molecule has 5 atom stereocenters. The summed E-state index contributed by atoms with van der Waals surface area (Å²) in [5.41, 5.74) is 0.832. The van der Waals surface area contributed by atoms with Crippen molar-refractivity contribution in [3.63, 3.8) is 0 Å². The summed E-state index contributed by atoms with van der Waals surface area (Å²) in [6, 6.07) is 8.57. The van der Waals surface area contributed by atoms with Crippen LogP contribution in [0, 0.1) is 22.7 Å². The minimum absolute atomic E-state index is 0.0606. The summed E-state index contributed by atoms with van der Waals surface area (Å²) in [6.45, 7) is 4.12. The molecule has 1 saturated carbocycles. The van der Waals surface area contributed by atoms with E-state index in [0.717, 1.165) is 17.4 Å². The number of hydrogen-bond acceptors (Lipinski definition) is 7. The fourth-order valence-electron chi connectivity index (χ4n) is 6.65. The molecule has 0 N–H and O–H groups in total. The maximum Gasteiger partial charge on any atom is 0.343 e. The minimum Gasteiger partial charge on any atom is -0.472 e. The highest BCUT2D eigenvalue weighted by Crippen LogP contribution is 2.63. The van der Waals surface area contributed by atoms with E-state index in [9.17, 15) is 14.4 Å². The van der Waals surface area contributed by atoms with Crippen LogP contribution < -0.4 is 0 Å². The van der Waals surface area contributed by atoms with Gasteiger partial charge in [0.25, 0.3) is 0 Å². The summed E-state index contributed by atoms with van der Waals surface area (Å²) in [4.78, 5) is 40.0. The van der Waals surface area contributed by atoms with Crippen LogP contribution >= 0.6 is 0 Å². The summed E-state index contributed by atoms with van der Waals surface area (Å²) < 4.78 is 22.0. The first-order valence-electron chi connectivity index (χ1n) is 11.9. The molecule has 1 aliphatic heterocycles. The molecule has 0 spiro atoms. The van der Waals surface area contributed by atoms with Crippen molar-refractivity contribution in [1.29, 1.82) is 0 Å². The molecular formula is C28H26O7. The molecule has 1 aromatic carbocycles. The van der Waals surface area contributed by atoms with Crippen LogP contribution in [0.15, 0.2) is 69.8 Å². The van der Waals surface area contributed by atoms with Gasteiger partial charge in [-0.1, -0.05) is 13.8 Å².